The molecule has 0 spiro atoms. The molecule has 1 aliphatic heterocycles. The van der Waals surface area contributed by atoms with Gasteiger partial charge in [0.05, 0.1) is 16.9 Å². The third kappa shape index (κ3) is 7.41. The molecule has 4 atom stereocenters. The fraction of sp³-hybridized carbons (Fsp3) is 0.314. The fourth-order valence-corrected chi connectivity index (χ4v) is 6.56. The lowest BCUT2D eigenvalue weighted by molar-refractivity contribution is -0.137. The van der Waals surface area contributed by atoms with Crippen molar-refractivity contribution in [1.82, 2.24) is 19.8 Å². The van der Waals surface area contributed by atoms with Crippen LogP contribution in [0.3, 0.4) is 0 Å². The molecule has 0 radical (unpaired) electrons. The first kappa shape index (κ1) is 35.8. The van der Waals surface area contributed by atoms with Crippen molar-refractivity contribution >= 4 is 35.3 Å². The lowest BCUT2D eigenvalue weighted by Crippen LogP contribution is -2.55. The molecule has 0 bridgehead atoms. The molecule has 0 fully saturated rings. The molecule has 1 aliphatic rings. The minimum atomic E-state index is -4.71. The maximum atomic E-state index is 14.5. The van der Waals surface area contributed by atoms with Crippen LogP contribution in [0.25, 0.3) is 5.69 Å². The summed E-state index contributed by atoms with van der Waals surface area (Å²) < 4.78 is 72.1. The fourth-order valence-electron chi connectivity index (χ4n) is 5.74. The molecule has 0 unspecified atom stereocenters. The van der Waals surface area contributed by atoms with Gasteiger partial charge in [-0.1, -0.05) is 36.4 Å². The van der Waals surface area contributed by atoms with Gasteiger partial charge in [0.25, 0.3) is 11.8 Å². The van der Waals surface area contributed by atoms with Gasteiger partial charge in [0.1, 0.15) is 34.8 Å². The number of rotatable bonds is 10. The molecule has 2 amide bonds. The van der Waals surface area contributed by atoms with Gasteiger partial charge >= 0.3 is 6.18 Å². The van der Waals surface area contributed by atoms with E-state index in [-0.39, 0.29) is 24.2 Å². The maximum Gasteiger partial charge on any atom is 0.416 e. The van der Waals surface area contributed by atoms with Gasteiger partial charge in [-0.05, 0) is 75.7 Å². The number of hydrogen-bond donors (Lipinski definition) is 2. The van der Waals surface area contributed by atoms with E-state index in [0.717, 1.165) is 12.1 Å². The zero-order valence-corrected chi connectivity index (χ0v) is 27.9. The first-order valence-corrected chi connectivity index (χ1v) is 16.7. The van der Waals surface area contributed by atoms with Crippen molar-refractivity contribution in [3.05, 3.63) is 113 Å². The van der Waals surface area contributed by atoms with E-state index in [0.29, 0.717) is 35.0 Å². The number of nitrogens with zero attached hydrogens (tertiary/aromatic N) is 3. The Bertz CT molecular complexity index is 1830. The average molecular weight is 698 g/mol. The van der Waals surface area contributed by atoms with E-state index in [2.05, 4.69) is 10.0 Å². The molecule has 1 aromatic heterocycles. The number of halogens is 4. The number of benzene rings is 3. The topological polar surface area (TPSA) is 119 Å². The third-order valence-electron chi connectivity index (χ3n) is 8.11. The number of aldehydes is 1. The van der Waals surface area contributed by atoms with Gasteiger partial charge in [-0.3, -0.25) is 14.5 Å². The van der Waals surface area contributed by atoms with E-state index in [4.69, 9.17) is 5.10 Å². The summed E-state index contributed by atoms with van der Waals surface area (Å²) in [5.41, 5.74) is 0.220. The molecule has 258 valence electrons. The Morgan fingerprint density at radius 1 is 1.04 bits per heavy atom. The summed E-state index contributed by atoms with van der Waals surface area (Å²) in [6.45, 7) is 7.07. The van der Waals surface area contributed by atoms with Gasteiger partial charge in [0.2, 0.25) is 0 Å². The monoisotopic (exact) mass is 697 g/mol. The van der Waals surface area contributed by atoms with Crippen molar-refractivity contribution in [3.63, 3.8) is 0 Å². The van der Waals surface area contributed by atoms with Crippen LogP contribution in [0.1, 0.15) is 78.8 Å². The molecule has 9 nitrogen and oxygen atoms in total. The average Bonchev–Trinajstić information content (AvgIpc) is 3.45. The van der Waals surface area contributed by atoms with Gasteiger partial charge in [-0.2, -0.15) is 18.3 Å². The SMILES string of the molecule is CCN1C(=O)[C@@H](NC(=O)c2cccc(C(F)(F)F)c2)[C@@H](c2ccc(F)cc2)c2c([C@@H](CC=O)N[S@@+]([O-])C(C)(C)C)nn(-c3ccccc3)c21. The highest BCUT2D eigenvalue weighted by Gasteiger charge is 2.48. The normalized spacial score (nSPS) is 17.7. The lowest BCUT2D eigenvalue weighted by Gasteiger charge is -2.39. The second-order valence-electron chi connectivity index (χ2n) is 12.5. The third-order valence-corrected chi connectivity index (χ3v) is 9.72. The molecule has 2 N–H and O–H groups in total. The van der Waals surface area contributed by atoms with E-state index in [9.17, 15) is 36.5 Å². The molecule has 3 aromatic carbocycles. The molecule has 2 heterocycles. The van der Waals surface area contributed by atoms with Gasteiger partial charge in [-0.25, -0.2) is 9.07 Å². The molecule has 0 saturated carbocycles. The highest BCUT2D eigenvalue weighted by Crippen LogP contribution is 2.46. The van der Waals surface area contributed by atoms with E-state index in [1.54, 1.807) is 58.0 Å². The number of hydrogen-bond acceptors (Lipinski definition) is 6. The second kappa shape index (κ2) is 14.1. The molecular weight excluding hydrogens is 662 g/mol. The van der Waals surface area contributed by atoms with Crippen LogP contribution in [0.4, 0.5) is 23.4 Å². The van der Waals surface area contributed by atoms with Crippen LogP contribution in [0, 0.1) is 5.82 Å². The zero-order chi connectivity index (χ0) is 35.7. The second-order valence-corrected chi connectivity index (χ2v) is 14.5. The van der Waals surface area contributed by atoms with Crippen LogP contribution < -0.4 is 14.9 Å². The number of likely N-dealkylation sites (N-methyl/N-ethyl adjacent to an activating group) is 1. The number of anilines is 1. The highest BCUT2D eigenvalue weighted by atomic mass is 32.2. The van der Waals surface area contributed by atoms with Crippen molar-refractivity contribution < 1.29 is 36.5 Å². The molecular formula is C35H35F4N5O4S. The highest BCUT2D eigenvalue weighted by molar-refractivity contribution is 7.90. The van der Waals surface area contributed by atoms with Gasteiger partial charge in [-0.15, -0.1) is 4.72 Å². The Balaban J connectivity index is 1.76. The van der Waals surface area contributed by atoms with Crippen LogP contribution in [-0.4, -0.2) is 49.8 Å². The van der Waals surface area contributed by atoms with Crippen LogP contribution in [0.15, 0.2) is 78.9 Å². The van der Waals surface area contributed by atoms with Gasteiger partial charge in [0.15, 0.2) is 0 Å². The summed E-state index contributed by atoms with van der Waals surface area (Å²) in [4.78, 5) is 41.6. The Morgan fingerprint density at radius 2 is 1.71 bits per heavy atom. The van der Waals surface area contributed by atoms with Crippen molar-refractivity contribution in [2.24, 2.45) is 0 Å². The predicted octanol–water partition coefficient (Wildman–Crippen LogP) is 6.01. The van der Waals surface area contributed by atoms with E-state index < -0.39 is 63.5 Å². The molecule has 0 aliphatic carbocycles. The smallest absolute Gasteiger partial charge is 0.416 e. The number of carbonyl (C=O) groups is 3. The van der Waals surface area contributed by atoms with E-state index in [1.807, 2.05) is 0 Å². The zero-order valence-electron chi connectivity index (χ0n) is 27.1. The molecule has 14 heteroatoms. The number of carbonyl (C=O) groups excluding carboxylic acids is 3. The van der Waals surface area contributed by atoms with Gasteiger partial charge in [0, 0.05) is 41.4 Å². The van der Waals surface area contributed by atoms with E-state index >= 15 is 0 Å². The Labute approximate surface area is 284 Å². The standard InChI is InChI=1S/C35H35F4N5O4S/c1-5-43-32-28(29(41-44(32)25-12-7-6-8-13-25)26(18-19-45)42-49(48)34(2,3)4)27(21-14-16-24(36)17-15-21)30(33(43)47)40-31(46)22-10-9-11-23(20-22)35(37,38)39/h6-17,19-20,26-27,30,42H,5,18H2,1-4H3,(H,40,46)/t26-,27+,30+,49+/m1/s1. The first-order valence-electron chi connectivity index (χ1n) is 15.5. The Hall–Kier alpha value is -4.53. The summed E-state index contributed by atoms with van der Waals surface area (Å²) in [6.07, 6.45) is -4.23. The van der Waals surface area contributed by atoms with Crippen LogP contribution >= 0.6 is 0 Å². The first-order chi connectivity index (χ1) is 23.1. The number of alkyl halides is 3. The molecule has 4 aromatic rings. The van der Waals surface area contributed by atoms with E-state index in [1.165, 1.54) is 39.9 Å². The summed E-state index contributed by atoms with van der Waals surface area (Å²) >= 11 is -1.68. The van der Waals surface area contributed by atoms with Gasteiger partial charge < -0.3 is 14.7 Å². The predicted molar refractivity (Wildman–Crippen MR) is 177 cm³/mol. The number of fused-ring (bicyclic) bond motifs is 1. The maximum absolute atomic E-state index is 14.5. The Morgan fingerprint density at radius 3 is 2.31 bits per heavy atom. The number of para-hydroxylation sites is 1. The summed E-state index contributed by atoms with van der Waals surface area (Å²) in [5, 5.41) is 7.57. The molecule has 0 saturated heterocycles. The Kier molecular flexibility index (Phi) is 10.3. The van der Waals surface area contributed by atoms with Crippen molar-refractivity contribution in [3.8, 4) is 5.69 Å². The van der Waals surface area contributed by atoms with Crippen molar-refractivity contribution in [1.29, 1.82) is 0 Å². The molecule has 49 heavy (non-hydrogen) atoms. The van der Waals surface area contributed by atoms with Crippen LogP contribution in [0.2, 0.25) is 0 Å². The molecule has 5 rings (SSSR count). The minimum absolute atomic E-state index is 0.0928. The minimum Gasteiger partial charge on any atom is -0.598 e. The quantitative estimate of drug-likeness (QED) is 0.119. The van der Waals surface area contributed by atoms with Crippen molar-refractivity contribution in [2.45, 2.75) is 63.0 Å². The number of nitrogens with one attached hydrogen (secondary N) is 2. The van der Waals surface area contributed by atoms with Crippen LogP contribution in [0.5, 0.6) is 0 Å². The summed E-state index contributed by atoms with van der Waals surface area (Å²) in [5.74, 6) is -2.85. The lowest BCUT2D eigenvalue weighted by atomic mass is 9.79. The summed E-state index contributed by atoms with van der Waals surface area (Å²) in [6, 6.07) is 15.6. The summed E-state index contributed by atoms with van der Waals surface area (Å²) in [7, 11) is 0. The van der Waals surface area contributed by atoms with Crippen LogP contribution in [-0.2, 0) is 27.1 Å². The number of aromatic nitrogens is 2. The number of amides is 2. The van der Waals surface area contributed by atoms with Crippen molar-refractivity contribution in [2.75, 3.05) is 11.4 Å². The largest absolute Gasteiger partial charge is 0.598 e.